The minimum absolute atomic E-state index is 0.0113. The lowest BCUT2D eigenvalue weighted by atomic mass is 9.90. The molecule has 1 aliphatic heterocycles. The zero-order valence-electron chi connectivity index (χ0n) is 15.6. The number of aromatic amines is 1. The van der Waals surface area contributed by atoms with Crippen molar-refractivity contribution in [2.75, 3.05) is 19.7 Å². The summed E-state index contributed by atoms with van der Waals surface area (Å²) in [5.74, 6) is 1.37. The molecule has 1 saturated heterocycles. The summed E-state index contributed by atoms with van der Waals surface area (Å²) in [5, 5.41) is 1.11. The summed E-state index contributed by atoms with van der Waals surface area (Å²) in [6, 6.07) is 14.1. The first-order chi connectivity index (χ1) is 13.2. The van der Waals surface area contributed by atoms with Crippen molar-refractivity contribution in [3.05, 3.63) is 70.3 Å². The topological polar surface area (TPSA) is 58.2 Å². The number of H-pyrrole nitrogens is 1. The van der Waals surface area contributed by atoms with Gasteiger partial charge in [0.25, 0.3) is 0 Å². The fourth-order valence-electron chi connectivity index (χ4n) is 3.86. The second-order valence-corrected chi connectivity index (χ2v) is 7.13. The number of aromatic nitrogens is 2. The van der Waals surface area contributed by atoms with Crippen molar-refractivity contribution >= 4 is 10.9 Å². The molecule has 5 nitrogen and oxygen atoms in total. The number of nitrogens with zero attached hydrogens (tertiary/aromatic N) is 2. The molecule has 3 heterocycles. The number of nitrogens with one attached hydrogen (secondary N) is 1. The van der Waals surface area contributed by atoms with E-state index in [1.165, 1.54) is 0 Å². The van der Waals surface area contributed by atoms with Gasteiger partial charge in [-0.3, -0.25) is 14.7 Å². The molecule has 0 atom stereocenters. The number of rotatable bonds is 5. The molecule has 0 saturated carbocycles. The van der Waals surface area contributed by atoms with Crippen molar-refractivity contribution < 1.29 is 4.74 Å². The number of hydrogen-bond acceptors (Lipinski definition) is 4. The zero-order chi connectivity index (χ0) is 18.6. The minimum Gasteiger partial charge on any atom is -0.494 e. The van der Waals surface area contributed by atoms with Gasteiger partial charge in [0.2, 0.25) is 5.56 Å². The molecular formula is C22H25N3O2. The number of hydrogen-bond donors (Lipinski definition) is 1. The molecule has 0 spiro atoms. The molecule has 0 aliphatic carbocycles. The molecule has 140 valence electrons. The summed E-state index contributed by atoms with van der Waals surface area (Å²) in [5.41, 5.74) is 3.26. The number of benzene rings is 1. The third-order valence-electron chi connectivity index (χ3n) is 5.27. The molecule has 0 radical (unpaired) electrons. The van der Waals surface area contributed by atoms with E-state index in [1.807, 2.05) is 31.2 Å². The third-order valence-corrected chi connectivity index (χ3v) is 5.27. The number of pyridine rings is 2. The lowest BCUT2D eigenvalue weighted by molar-refractivity contribution is 0.202. The Morgan fingerprint density at radius 3 is 2.78 bits per heavy atom. The van der Waals surface area contributed by atoms with Crippen LogP contribution in [-0.4, -0.2) is 34.6 Å². The van der Waals surface area contributed by atoms with Crippen LogP contribution in [0.15, 0.2) is 53.5 Å². The molecule has 4 rings (SSSR count). The smallest absolute Gasteiger partial charge is 0.248 e. The SMILES string of the molecule is CCOc1ccc2nc(CN3CCC(c4cc[nH]c(=O)c4)CC3)ccc2c1. The van der Waals surface area contributed by atoms with E-state index in [2.05, 4.69) is 22.0 Å². The van der Waals surface area contributed by atoms with Gasteiger partial charge in [-0.05, 0) is 74.7 Å². The van der Waals surface area contributed by atoms with E-state index in [9.17, 15) is 4.79 Å². The van der Waals surface area contributed by atoms with Gasteiger partial charge < -0.3 is 9.72 Å². The van der Waals surface area contributed by atoms with E-state index in [0.29, 0.717) is 12.5 Å². The van der Waals surface area contributed by atoms with Gasteiger partial charge in [0.05, 0.1) is 17.8 Å². The Bertz CT molecular complexity index is 974. The summed E-state index contributed by atoms with van der Waals surface area (Å²) in [6.07, 6.45) is 3.91. The number of likely N-dealkylation sites (tertiary alicyclic amines) is 1. The Morgan fingerprint density at radius 2 is 2.00 bits per heavy atom. The monoisotopic (exact) mass is 363 g/mol. The van der Waals surface area contributed by atoms with Crippen molar-refractivity contribution in [3.63, 3.8) is 0 Å². The molecule has 1 N–H and O–H groups in total. The van der Waals surface area contributed by atoms with E-state index in [-0.39, 0.29) is 5.56 Å². The summed E-state index contributed by atoms with van der Waals surface area (Å²) in [6.45, 7) is 5.58. The van der Waals surface area contributed by atoms with Crippen LogP contribution in [0.25, 0.3) is 10.9 Å². The molecule has 5 heteroatoms. The van der Waals surface area contributed by atoms with Crippen molar-refractivity contribution in [3.8, 4) is 5.75 Å². The zero-order valence-corrected chi connectivity index (χ0v) is 15.6. The van der Waals surface area contributed by atoms with Gasteiger partial charge in [0, 0.05) is 24.2 Å². The first kappa shape index (κ1) is 17.7. The second kappa shape index (κ2) is 7.92. The average Bonchev–Trinajstić information content (AvgIpc) is 2.69. The van der Waals surface area contributed by atoms with Gasteiger partial charge in [-0.1, -0.05) is 6.07 Å². The normalized spacial score (nSPS) is 15.9. The number of fused-ring (bicyclic) bond motifs is 1. The number of piperidine rings is 1. The molecule has 27 heavy (non-hydrogen) atoms. The summed E-state index contributed by atoms with van der Waals surface area (Å²) in [4.78, 5) is 21.5. The van der Waals surface area contributed by atoms with Crippen LogP contribution in [0.4, 0.5) is 0 Å². The van der Waals surface area contributed by atoms with Gasteiger partial charge in [-0.25, -0.2) is 0 Å². The minimum atomic E-state index is -0.0113. The van der Waals surface area contributed by atoms with E-state index in [4.69, 9.17) is 9.72 Å². The molecule has 1 fully saturated rings. The predicted molar refractivity (Wildman–Crippen MR) is 107 cm³/mol. The highest BCUT2D eigenvalue weighted by Crippen LogP contribution is 2.28. The van der Waals surface area contributed by atoms with Gasteiger partial charge in [0.15, 0.2) is 0 Å². The third kappa shape index (κ3) is 4.19. The standard InChI is InChI=1S/C22H25N3O2/c1-2-27-20-5-6-21-18(13-20)3-4-19(24-21)15-25-11-8-16(9-12-25)17-7-10-23-22(26)14-17/h3-7,10,13-14,16H,2,8-9,11-12,15H2,1H3,(H,23,26). The highest BCUT2D eigenvalue weighted by atomic mass is 16.5. The summed E-state index contributed by atoms with van der Waals surface area (Å²) >= 11 is 0. The van der Waals surface area contributed by atoms with Gasteiger partial charge in [-0.15, -0.1) is 0 Å². The molecule has 1 aromatic carbocycles. The van der Waals surface area contributed by atoms with Gasteiger partial charge in [-0.2, -0.15) is 0 Å². The summed E-state index contributed by atoms with van der Waals surface area (Å²) in [7, 11) is 0. The second-order valence-electron chi connectivity index (χ2n) is 7.13. The lowest BCUT2D eigenvalue weighted by Crippen LogP contribution is -2.33. The van der Waals surface area contributed by atoms with E-state index < -0.39 is 0 Å². The van der Waals surface area contributed by atoms with Crippen molar-refractivity contribution in [2.45, 2.75) is 32.2 Å². The summed E-state index contributed by atoms with van der Waals surface area (Å²) < 4.78 is 5.56. The Balaban J connectivity index is 1.40. The van der Waals surface area contributed by atoms with E-state index in [0.717, 1.165) is 60.4 Å². The van der Waals surface area contributed by atoms with Crippen molar-refractivity contribution in [1.82, 2.24) is 14.9 Å². The quantitative estimate of drug-likeness (QED) is 0.751. The molecule has 2 aromatic heterocycles. The maximum atomic E-state index is 11.5. The van der Waals surface area contributed by atoms with Gasteiger partial charge >= 0.3 is 0 Å². The fourth-order valence-corrected chi connectivity index (χ4v) is 3.86. The maximum Gasteiger partial charge on any atom is 0.248 e. The first-order valence-corrected chi connectivity index (χ1v) is 9.65. The van der Waals surface area contributed by atoms with Crippen LogP contribution in [0, 0.1) is 0 Å². The largest absolute Gasteiger partial charge is 0.494 e. The molecule has 0 amide bonds. The Hall–Kier alpha value is -2.66. The van der Waals surface area contributed by atoms with E-state index >= 15 is 0 Å². The van der Waals surface area contributed by atoms with Crippen LogP contribution in [-0.2, 0) is 6.54 Å². The molecule has 3 aromatic rings. The van der Waals surface area contributed by atoms with Crippen LogP contribution in [0.3, 0.4) is 0 Å². The first-order valence-electron chi connectivity index (χ1n) is 9.65. The molecule has 0 bridgehead atoms. The maximum absolute atomic E-state index is 11.5. The van der Waals surface area contributed by atoms with Crippen LogP contribution in [0.5, 0.6) is 5.75 Å². The molecule has 0 unspecified atom stereocenters. The number of ether oxygens (including phenoxy) is 1. The Labute approximate surface area is 159 Å². The average molecular weight is 363 g/mol. The molecular weight excluding hydrogens is 338 g/mol. The van der Waals surface area contributed by atoms with E-state index in [1.54, 1.807) is 12.3 Å². The van der Waals surface area contributed by atoms with Crippen molar-refractivity contribution in [2.24, 2.45) is 0 Å². The fraction of sp³-hybridized carbons (Fsp3) is 0.364. The lowest BCUT2D eigenvalue weighted by Gasteiger charge is -2.31. The van der Waals surface area contributed by atoms with Crippen molar-refractivity contribution in [1.29, 1.82) is 0 Å². The highest BCUT2D eigenvalue weighted by Gasteiger charge is 2.21. The van der Waals surface area contributed by atoms with Crippen LogP contribution in [0.2, 0.25) is 0 Å². The highest BCUT2D eigenvalue weighted by molar-refractivity contribution is 5.80. The van der Waals surface area contributed by atoms with Crippen LogP contribution >= 0.6 is 0 Å². The Kier molecular flexibility index (Phi) is 5.21. The predicted octanol–water partition coefficient (Wildman–Crippen LogP) is 3.70. The van der Waals surface area contributed by atoms with Gasteiger partial charge in [0.1, 0.15) is 5.75 Å². The van der Waals surface area contributed by atoms with Crippen LogP contribution < -0.4 is 10.3 Å². The van der Waals surface area contributed by atoms with Crippen LogP contribution in [0.1, 0.15) is 36.9 Å². The Morgan fingerprint density at radius 1 is 1.15 bits per heavy atom. The molecule has 1 aliphatic rings.